The van der Waals surface area contributed by atoms with E-state index in [1.165, 1.54) is 17.4 Å². The number of fused-ring (bicyclic) bond motifs is 1. The van der Waals surface area contributed by atoms with Crippen LogP contribution in [-0.4, -0.2) is 61.4 Å². The summed E-state index contributed by atoms with van der Waals surface area (Å²) in [6.45, 7) is 1.48. The molecule has 1 aliphatic rings. The zero-order valence-electron chi connectivity index (χ0n) is 22.7. The van der Waals surface area contributed by atoms with Gasteiger partial charge in [0, 0.05) is 17.3 Å². The lowest BCUT2D eigenvalue weighted by molar-refractivity contribution is -0.127. The van der Waals surface area contributed by atoms with E-state index >= 15 is 0 Å². The van der Waals surface area contributed by atoms with Crippen LogP contribution < -0.4 is 16.0 Å². The number of hydrogen-bond donors (Lipinski definition) is 3. The van der Waals surface area contributed by atoms with E-state index in [0.717, 1.165) is 41.5 Å². The predicted molar refractivity (Wildman–Crippen MR) is 158 cm³/mol. The third kappa shape index (κ3) is 8.00. The minimum atomic E-state index is -0.968. The molecule has 2 aromatic carbocycles. The summed E-state index contributed by atoms with van der Waals surface area (Å²) in [4.78, 5) is 42.2. The van der Waals surface area contributed by atoms with Crippen LogP contribution in [0.1, 0.15) is 47.3 Å². The first-order valence-electron chi connectivity index (χ1n) is 13.6. The van der Waals surface area contributed by atoms with Crippen molar-refractivity contribution in [1.82, 2.24) is 20.9 Å². The maximum Gasteiger partial charge on any atom is 0.262 e. The van der Waals surface area contributed by atoms with E-state index < -0.39 is 11.6 Å². The van der Waals surface area contributed by atoms with Crippen molar-refractivity contribution >= 4 is 39.1 Å². The monoisotopic (exact) mass is 546 g/mol. The molecular formula is C31H38N4O3S. The molecule has 1 saturated carbocycles. The fourth-order valence-electron chi connectivity index (χ4n) is 4.97. The number of amides is 3. The molecule has 1 atom stereocenters. The van der Waals surface area contributed by atoms with Crippen LogP contribution in [-0.2, 0) is 16.0 Å². The second-order valence-electron chi connectivity index (χ2n) is 10.5. The van der Waals surface area contributed by atoms with Crippen LogP contribution in [0.25, 0.3) is 10.1 Å². The Balaban J connectivity index is 1.46. The molecule has 39 heavy (non-hydrogen) atoms. The van der Waals surface area contributed by atoms with Crippen LogP contribution in [0.15, 0.2) is 72.8 Å². The number of benzene rings is 2. The molecule has 1 unspecified atom stereocenters. The molecule has 4 rings (SSSR count). The number of rotatable bonds is 12. The van der Waals surface area contributed by atoms with E-state index in [4.69, 9.17) is 0 Å². The first-order chi connectivity index (χ1) is 18.8. The molecule has 7 nitrogen and oxygen atoms in total. The lowest BCUT2D eigenvalue weighted by atomic mass is 9.94. The van der Waals surface area contributed by atoms with Gasteiger partial charge in [0.1, 0.15) is 5.54 Å². The van der Waals surface area contributed by atoms with E-state index in [0.29, 0.717) is 30.7 Å². The van der Waals surface area contributed by atoms with Gasteiger partial charge < -0.3 is 20.9 Å². The van der Waals surface area contributed by atoms with Crippen molar-refractivity contribution in [2.45, 2.75) is 50.1 Å². The molecule has 0 bridgehead atoms. The van der Waals surface area contributed by atoms with Crippen LogP contribution in [0.5, 0.6) is 0 Å². The Morgan fingerprint density at radius 2 is 1.74 bits per heavy atom. The minimum Gasteiger partial charge on any atom is -0.353 e. The molecule has 3 amide bonds. The smallest absolute Gasteiger partial charge is 0.262 e. The third-order valence-corrected chi connectivity index (χ3v) is 8.18. The van der Waals surface area contributed by atoms with Crippen molar-refractivity contribution in [3.8, 4) is 0 Å². The van der Waals surface area contributed by atoms with Gasteiger partial charge in [0.2, 0.25) is 11.8 Å². The summed E-state index contributed by atoms with van der Waals surface area (Å²) in [5.41, 5.74) is 0.0819. The molecule has 206 valence electrons. The highest BCUT2D eigenvalue weighted by Crippen LogP contribution is 2.32. The van der Waals surface area contributed by atoms with E-state index in [-0.39, 0.29) is 17.7 Å². The summed E-state index contributed by atoms with van der Waals surface area (Å²) in [7, 11) is 4.00. The normalized spacial score (nSPS) is 15.5. The van der Waals surface area contributed by atoms with Gasteiger partial charge in [-0.15, -0.1) is 11.3 Å². The molecule has 1 fully saturated rings. The number of thiophene rings is 1. The van der Waals surface area contributed by atoms with Crippen LogP contribution in [0.2, 0.25) is 0 Å². The Bertz CT molecular complexity index is 1260. The van der Waals surface area contributed by atoms with Gasteiger partial charge in [-0.1, -0.05) is 67.4 Å². The molecule has 1 heterocycles. The van der Waals surface area contributed by atoms with Crippen molar-refractivity contribution in [2.24, 2.45) is 0 Å². The second kappa shape index (κ2) is 13.5. The van der Waals surface area contributed by atoms with Gasteiger partial charge in [0.15, 0.2) is 0 Å². The average molecular weight is 547 g/mol. The third-order valence-electron chi connectivity index (χ3n) is 7.07. The van der Waals surface area contributed by atoms with Crippen LogP contribution in [0.3, 0.4) is 0 Å². The van der Waals surface area contributed by atoms with Gasteiger partial charge in [-0.3, -0.25) is 14.4 Å². The molecule has 1 aromatic heterocycles. The number of hydrogen-bond acceptors (Lipinski definition) is 5. The Morgan fingerprint density at radius 3 is 2.46 bits per heavy atom. The van der Waals surface area contributed by atoms with Gasteiger partial charge in [-0.05, 0) is 69.4 Å². The number of carbonyl (C=O) groups excluding carboxylic acids is 3. The lowest BCUT2D eigenvalue weighted by Gasteiger charge is -2.30. The maximum absolute atomic E-state index is 13.8. The molecular weight excluding hydrogens is 508 g/mol. The first kappa shape index (κ1) is 28.5. The summed E-state index contributed by atoms with van der Waals surface area (Å²) in [6, 6.07) is 19.2. The Labute approximate surface area is 234 Å². The van der Waals surface area contributed by atoms with E-state index in [1.807, 2.05) is 74.8 Å². The Hall–Kier alpha value is -3.49. The van der Waals surface area contributed by atoms with Crippen LogP contribution in [0.4, 0.5) is 0 Å². The molecule has 3 aromatic rings. The van der Waals surface area contributed by atoms with Gasteiger partial charge in [-0.25, -0.2) is 0 Å². The maximum atomic E-state index is 13.8. The SMILES string of the molecule is CN(C)CCCNC(=O)/C=C/C(Cc1ccccc1)NC(=O)C1(NC(=O)c2cc3ccccc3s2)CCCC1. The standard InChI is InChI=1S/C31H38N4O3S/c1-35(2)20-10-19-32-28(36)16-15-25(21-23-11-4-3-5-12-23)33-30(38)31(17-8-9-18-31)34-29(37)27-22-24-13-6-7-14-26(24)39-27/h3-7,11-16,22,25H,8-10,17-21H2,1-2H3,(H,32,36)(H,33,38)(H,34,37)/b16-15+. The molecule has 0 saturated heterocycles. The van der Waals surface area contributed by atoms with E-state index in [2.05, 4.69) is 20.9 Å². The summed E-state index contributed by atoms with van der Waals surface area (Å²) < 4.78 is 1.04. The zero-order valence-corrected chi connectivity index (χ0v) is 23.6. The number of nitrogens with zero attached hydrogens (tertiary/aromatic N) is 1. The molecule has 1 aliphatic carbocycles. The topological polar surface area (TPSA) is 90.5 Å². The van der Waals surface area contributed by atoms with Crippen molar-refractivity contribution in [1.29, 1.82) is 0 Å². The van der Waals surface area contributed by atoms with Crippen LogP contribution in [0, 0.1) is 0 Å². The van der Waals surface area contributed by atoms with Gasteiger partial charge in [0.25, 0.3) is 5.91 Å². The van der Waals surface area contributed by atoms with Gasteiger partial charge >= 0.3 is 0 Å². The predicted octanol–water partition coefficient (Wildman–Crippen LogP) is 4.30. The summed E-state index contributed by atoms with van der Waals surface area (Å²) in [6.07, 6.45) is 7.57. The summed E-state index contributed by atoms with van der Waals surface area (Å²) in [5, 5.41) is 10.2. The number of nitrogens with one attached hydrogen (secondary N) is 3. The van der Waals surface area contributed by atoms with E-state index in [1.54, 1.807) is 6.08 Å². The molecule has 8 heteroatoms. The second-order valence-corrected chi connectivity index (χ2v) is 11.6. The summed E-state index contributed by atoms with van der Waals surface area (Å²) >= 11 is 1.43. The quantitative estimate of drug-likeness (QED) is 0.233. The fraction of sp³-hybridized carbons (Fsp3) is 0.387. The lowest BCUT2D eigenvalue weighted by Crippen LogP contribution is -2.58. The zero-order chi connectivity index (χ0) is 27.7. The highest BCUT2D eigenvalue weighted by Gasteiger charge is 2.43. The molecule has 0 aliphatic heterocycles. The van der Waals surface area contributed by atoms with Crippen molar-refractivity contribution in [3.63, 3.8) is 0 Å². The highest BCUT2D eigenvalue weighted by molar-refractivity contribution is 7.20. The Morgan fingerprint density at radius 1 is 1.03 bits per heavy atom. The molecule has 3 N–H and O–H groups in total. The molecule has 0 radical (unpaired) electrons. The highest BCUT2D eigenvalue weighted by atomic mass is 32.1. The first-order valence-corrected chi connectivity index (χ1v) is 14.4. The van der Waals surface area contributed by atoms with Crippen molar-refractivity contribution in [2.75, 3.05) is 27.2 Å². The largest absolute Gasteiger partial charge is 0.353 e. The van der Waals surface area contributed by atoms with Gasteiger partial charge in [0.05, 0.1) is 10.9 Å². The average Bonchev–Trinajstić information content (AvgIpc) is 3.58. The van der Waals surface area contributed by atoms with Crippen LogP contribution >= 0.6 is 11.3 Å². The van der Waals surface area contributed by atoms with Crippen molar-refractivity contribution in [3.05, 3.63) is 83.3 Å². The Kier molecular flexibility index (Phi) is 9.90. The fourth-order valence-corrected chi connectivity index (χ4v) is 5.93. The molecule has 0 spiro atoms. The number of carbonyl (C=O) groups is 3. The minimum absolute atomic E-state index is 0.185. The van der Waals surface area contributed by atoms with E-state index in [9.17, 15) is 14.4 Å². The summed E-state index contributed by atoms with van der Waals surface area (Å²) in [5.74, 6) is -0.610. The van der Waals surface area contributed by atoms with Crippen molar-refractivity contribution < 1.29 is 14.4 Å². The van der Waals surface area contributed by atoms with Gasteiger partial charge in [-0.2, -0.15) is 0 Å².